The normalized spacial score (nSPS) is 13.6. The minimum Gasteiger partial charge on any atom is -0.478 e. The highest BCUT2D eigenvalue weighted by atomic mass is 32.2. The smallest absolute Gasteiger partial charge is 0.335 e. The number of anilines is 1. The third kappa shape index (κ3) is 14.6. The van der Waals surface area contributed by atoms with Crippen LogP contribution >= 0.6 is 11.8 Å². The van der Waals surface area contributed by atoms with Gasteiger partial charge in [0, 0.05) is 40.3 Å². The highest BCUT2D eigenvalue weighted by molar-refractivity contribution is 8.00. The van der Waals surface area contributed by atoms with E-state index < -0.39 is 63.0 Å². The van der Waals surface area contributed by atoms with Gasteiger partial charge in [-0.15, -0.1) is 11.8 Å². The molecule has 1 aliphatic rings. The van der Waals surface area contributed by atoms with Crippen LogP contribution in [0, 0.1) is 0 Å². The van der Waals surface area contributed by atoms with E-state index in [-0.39, 0.29) is 105 Å². The molecule has 0 spiro atoms. The summed E-state index contributed by atoms with van der Waals surface area (Å²) < 4.78 is 46.7. The van der Waals surface area contributed by atoms with Crippen molar-refractivity contribution in [2.45, 2.75) is 68.7 Å². The third-order valence-corrected chi connectivity index (χ3v) is 13.1. The Kier molecular flexibility index (Phi) is 19.5. The zero-order chi connectivity index (χ0) is 53.6. The number of hydrogen-bond acceptors (Lipinski definition) is 15. The molecular weight excluding hydrogens is 983 g/mol. The molecule has 0 fully saturated rings. The van der Waals surface area contributed by atoms with E-state index in [4.69, 9.17) is 19.2 Å². The Morgan fingerprint density at radius 1 is 0.836 bits per heavy atom. The molecule has 7 N–H and O–H groups in total. The van der Waals surface area contributed by atoms with Gasteiger partial charge in [0.15, 0.2) is 0 Å². The van der Waals surface area contributed by atoms with Gasteiger partial charge in [-0.1, -0.05) is 80.7 Å². The van der Waals surface area contributed by atoms with Crippen LogP contribution in [0.3, 0.4) is 0 Å². The van der Waals surface area contributed by atoms with Crippen LogP contribution in [0.1, 0.15) is 63.2 Å². The van der Waals surface area contributed by atoms with Gasteiger partial charge >= 0.3 is 17.9 Å². The Labute approximate surface area is 425 Å². The minimum absolute atomic E-state index is 0.0413. The molecule has 3 aromatic carbocycles. The maximum atomic E-state index is 14.4. The lowest BCUT2D eigenvalue weighted by atomic mass is 9.96. The first-order valence-electron chi connectivity index (χ1n) is 22.6. The number of carbonyl (C=O) groups is 7. The van der Waals surface area contributed by atoms with Crippen LogP contribution in [0.5, 0.6) is 5.75 Å². The lowest BCUT2D eigenvalue weighted by molar-refractivity contribution is -0.143. The molecule has 0 saturated carbocycles. The number of sulfonamides is 1. The molecule has 0 saturated heterocycles. The van der Waals surface area contributed by atoms with E-state index >= 15 is 0 Å². The number of ether oxygens (including phenoxy) is 3. The zero-order valence-corrected chi connectivity index (χ0v) is 42.4. The van der Waals surface area contributed by atoms with Crippen molar-refractivity contribution in [3.8, 4) is 16.9 Å². The summed E-state index contributed by atoms with van der Waals surface area (Å²) in [4.78, 5) is 97.8. The number of hydrogen-bond donors (Lipinski definition) is 7. The number of allylic oxidation sites excluding steroid dienone is 1. The van der Waals surface area contributed by atoms with E-state index in [1.807, 2.05) is 0 Å². The Morgan fingerprint density at radius 3 is 1.99 bits per heavy atom. The number of likely N-dealkylation sites (N-methyl/N-ethyl adjacent to an activating group) is 1. The fourth-order valence-electron chi connectivity index (χ4n) is 7.06. The summed E-state index contributed by atoms with van der Waals surface area (Å²) in [7, 11) is -4.45. The van der Waals surface area contributed by atoms with E-state index in [1.165, 1.54) is 45.9 Å². The monoisotopic (exact) mass is 1040 g/mol. The zero-order valence-electron chi connectivity index (χ0n) is 40.7. The van der Waals surface area contributed by atoms with Gasteiger partial charge in [0.25, 0.3) is 12.4 Å². The molecule has 384 valence electrons. The number of carboxylic acids is 1. The van der Waals surface area contributed by atoms with Crippen LogP contribution in [0.4, 0.5) is 5.82 Å². The van der Waals surface area contributed by atoms with Gasteiger partial charge in [0.05, 0.1) is 39.9 Å². The molecule has 3 amide bonds. The van der Waals surface area contributed by atoms with Gasteiger partial charge < -0.3 is 40.3 Å². The number of esters is 2. The Balaban J connectivity index is 1.66. The Morgan fingerprint density at radius 2 is 1.44 bits per heavy atom. The number of amidine groups is 1. The summed E-state index contributed by atoms with van der Waals surface area (Å²) in [6.07, 6.45) is 1.48. The molecule has 2 atom stereocenters. The molecule has 1 aliphatic heterocycles. The number of carbonyl (C=O) groups excluding carboxylic acids is 6. The number of benzene rings is 3. The topological polar surface area (TPSA) is 290 Å². The first kappa shape index (κ1) is 56.0. The predicted octanol–water partition coefficient (Wildman–Crippen LogP) is 5.38. The van der Waals surface area contributed by atoms with Crippen molar-refractivity contribution in [1.29, 1.82) is 0 Å². The molecule has 22 heteroatoms. The quantitative estimate of drug-likeness (QED) is 0.0201. The molecule has 0 aliphatic carbocycles. The summed E-state index contributed by atoms with van der Waals surface area (Å²) in [6, 6.07) is 18.9. The highest BCUT2D eigenvalue weighted by Crippen LogP contribution is 2.41. The molecule has 1 aromatic heterocycles. The highest BCUT2D eigenvalue weighted by Gasteiger charge is 2.35. The average molecular weight is 1040 g/mol. The van der Waals surface area contributed by atoms with Crippen molar-refractivity contribution in [3.05, 3.63) is 131 Å². The molecule has 5 rings (SSSR count). The first-order valence-corrected chi connectivity index (χ1v) is 24.9. The number of thioether (sulfide) groups is 1. The summed E-state index contributed by atoms with van der Waals surface area (Å²) in [5.74, 6) is -5.29. The molecule has 0 radical (unpaired) electrons. The van der Waals surface area contributed by atoms with Crippen LogP contribution < -0.4 is 30.7 Å². The SMILES string of the molecule is C=C(C)C(=O)OCC(COC(=O)C(=C)C)NC(C)C(=O)NC1=N/C(=C\c2[nH]c(NC(=O)C(C)Sc3cc(OC=O)cc(C(=O)O)c3)c(S(=O)(=O)NCC)c2-c2ccccc2)C(c2ccccc2)=C1C(=O)NCC. The summed E-state index contributed by atoms with van der Waals surface area (Å²) in [5.41, 5.74) is 1.36. The average Bonchev–Trinajstić information content (AvgIpc) is 3.90. The van der Waals surface area contributed by atoms with E-state index in [1.54, 1.807) is 74.5 Å². The summed E-state index contributed by atoms with van der Waals surface area (Å²) >= 11 is 0.915. The van der Waals surface area contributed by atoms with Crippen molar-refractivity contribution >= 4 is 87.2 Å². The number of carboxylic acid groups (broad SMARTS) is 1. The van der Waals surface area contributed by atoms with Gasteiger partial charge in [-0.2, -0.15) is 0 Å². The number of nitrogens with zero attached hydrogens (tertiary/aromatic N) is 1. The predicted molar refractivity (Wildman–Crippen MR) is 275 cm³/mol. The number of amides is 3. The lowest BCUT2D eigenvalue weighted by Gasteiger charge is -2.23. The molecule has 20 nitrogen and oxygen atoms in total. The molecule has 4 aromatic rings. The maximum Gasteiger partial charge on any atom is 0.335 e. The minimum atomic E-state index is -4.45. The number of H-pyrrole nitrogens is 1. The second-order valence-electron chi connectivity index (χ2n) is 16.2. The van der Waals surface area contributed by atoms with E-state index in [0.29, 0.717) is 11.1 Å². The van der Waals surface area contributed by atoms with Crippen molar-refractivity contribution in [3.63, 3.8) is 0 Å². The van der Waals surface area contributed by atoms with Crippen molar-refractivity contribution in [2.24, 2.45) is 4.99 Å². The third-order valence-electron chi connectivity index (χ3n) is 10.4. The number of nitrogens with one attached hydrogen (secondary N) is 6. The molecular formula is C51H55N7O13S2. The molecule has 0 bridgehead atoms. The largest absolute Gasteiger partial charge is 0.478 e. The number of rotatable bonds is 24. The second-order valence-corrected chi connectivity index (χ2v) is 19.4. The molecule has 73 heavy (non-hydrogen) atoms. The molecule has 2 heterocycles. The van der Waals surface area contributed by atoms with Crippen LogP contribution in [-0.4, -0.2) is 110 Å². The number of aromatic amines is 1. The van der Waals surface area contributed by atoms with E-state index in [0.717, 1.165) is 17.8 Å². The fourth-order valence-corrected chi connectivity index (χ4v) is 9.41. The van der Waals surface area contributed by atoms with E-state index in [2.05, 4.69) is 44.1 Å². The van der Waals surface area contributed by atoms with Crippen molar-refractivity contribution < 1.29 is 61.3 Å². The Hall–Kier alpha value is -7.92. The van der Waals surface area contributed by atoms with Gasteiger partial charge in [-0.05, 0) is 70.0 Å². The van der Waals surface area contributed by atoms with Gasteiger partial charge in [-0.3, -0.25) is 24.5 Å². The summed E-state index contributed by atoms with van der Waals surface area (Å²) in [5, 5.41) is 19.9. The molecule has 2 unspecified atom stereocenters. The first-order chi connectivity index (χ1) is 34.7. The van der Waals surface area contributed by atoms with Gasteiger partial charge in [-0.25, -0.2) is 32.5 Å². The van der Waals surface area contributed by atoms with Gasteiger partial charge in [0.2, 0.25) is 21.8 Å². The second kappa shape index (κ2) is 25.5. The fraction of sp³-hybridized carbons (Fsp3) is 0.255. The van der Waals surface area contributed by atoms with Crippen LogP contribution in [0.25, 0.3) is 22.8 Å². The van der Waals surface area contributed by atoms with Crippen LogP contribution in [0.2, 0.25) is 0 Å². The number of aliphatic imine (C=N–C) groups is 1. The van der Waals surface area contributed by atoms with Crippen molar-refractivity contribution in [1.82, 2.24) is 25.7 Å². The maximum absolute atomic E-state index is 14.4. The van der Waals surface area contributed by atoms with Crippen LogP contribution in [0.15, 0.2) is 129 Å². The van der Waals surface area contributed by atoms with Crippen molar-refractivity contribution in [2.75, 3.05) is 31.6 Å². The summed E-state index contributed by atoms with van der Waals surface area (Å²) in [6.45, 7) is 16.0. The van der Waals surface area contributed by atoms with Crippen LogP contribution in [-0.2, 0) is 48.3 Å². The number of aromatic carboxylic acids is 1. The lowest BCUT2D eigenvalue weighted by Crippen LogP contribution is -2.51. The van der Waals surface area contributed by atoms with E-state index in [9.17, 15) is 47.1 Å². The Bertz CT molecular complexity index is 2990. The number of aromatic nitrogens is 1. The standard InChI is InChI=1S/C51H55N7O13S2/c1-9-52-48(62)42-40(32-17-13-11-14-18-32)38(55-44(42)57-46(60)30(7)54-35(25-69-50(65)28(3)4)26-70-51(66)29(5)6)24-39-41(33-19-15-12-16-20-33)43(73(67,68)53-10-2)45(56-39)58-47(61)31(8)72-37-22-34(49(63)64)21-36(23-37)71-27-59/h11-24,27,30-31,35,53-54,56H,3,5,9-10,25-26H2,1-2,4,6-8H3,(H,52,62)(H,58,61)(H,63,64)(H,55,57,60)/b38-24-. The van der Waals surface area contributed by atoms with Gasteiger partial charge in [0.1, 0.15) is 35.5 Å².